The van der Waals surface area contributed by atoms with Crippen LogP contribution in [-0.4, -0.2) is 24.9 Å². The number of hydrogen-bond donors (Lipinski definition) is 1. The van der Waals surface area contributed by atoms with Crippen molar-refractivity contribution in [1.82, 2.24) is 5.32 Å². The Morgan fingerprint density at radius 2 is 2.15 bits per heavy atom. The number of hydrogen-bond acceptors (Lipinski definition) is 5. The molecule has 1 N–H and O–H groups in total. The Hall–Kier alpha value is -2.08. The van der Waals surface area contributed by atoms with Gasteiger partial charge in [0, 0.05) is 6.07 Å². The lowest BCUT2D eigenvalue weighted by atomic mass is 10.3. The fourth-order valence-corrected chi connectivity index (χ4v) is 1.57. The highest BCUT2D eigenvalue weighted by atomic mass is 32.2. The molecular weight excluding hydrogens is 295 g/mol. The lowest BCUT2D eigenvalue weighted by Gasteiger charge is -2.11. The van der Waals surface area contributed by atoms with Crippen LogP contribution in [0.4, 0.5) is 18.9 Å². The van der Waals surface area contributed by atoms with Gasteiger partial charge in [-0.1, -0.05) is 11.8 Å². The van der Waals surface area contributed by atoms with Gasteiger partial charge in [-0.15, -0.1) is 13.2 Å². The number of benzene rings is 1. The van der Waals surface area contributed by atoms with E-state index in [4.69, 9.17) is 10.00 Å². The molecule has 1 aromatic rings. The summed E-state index contributed by atoms with van der Waals surface area (Å²) in [4.78, 5) is 4.06. The molecule has 0 aliphatic heterocycles. The van der Waals surface area contributed by atoms with Crippen molar-refractivity contribution in [3.05, 3.63) is 18.2 Å². The third kappa shape index (κ3) is 4.89. The minimum absolute atomic E-state index is 0.0954. The first kappa shape index (κ1) is 16.0. The summed E-state index contributed by atoms with van der Waals surface area (Å²) in [5, 5.41) is 11.1. The zero-order valence-electron chi connectivity index (χ0n) is 10.5. The van der Waals surface area contributed by atoms with E-state index in [9.17, 15) is 13.2 Å². The second-order valence-electron chi connectivity index (χ2n) is 3.24. The minimum Gasteiger partial charge on any atom is -0.494 e. The zero-order chi connectivity index (χ0) is 15.2. The largest absolute Gasteiger partial charge is 0.573 e. The molecule has 20 heavy (non-hydrogen) atoms. The number of alkyl halides is 3. The minimum atomic E-state index is -4.78. The summed E-state index contributed by atoms with van der Waals surface area (Å²) in [5.74, 6) is -0.315. The Labute approximate surface area is 117 Å². The highest BCUT2D eigenvalue weighted by Crippen LogP contribution is 2.34. The number of nitrogens with zero attached hydrogens (tertiary/aromatic N) is 2. The van der Waals surface area contributed by atoms with Gasteiger partial charge in [-0.3, -0.25) is 5.32 Å². The van der Waals surface area contributed by atoms with E-state index in [2.05, 4.69) is 15.0 Å². The fraction of sp³-hybridized carbons (Fsp3) is 0.273. The van der Waals surface area contributed by atoms with Crippen LogP contribution >= 0.6 is 11.8 Å². The van der Waals surface area contributed by atoms with Crippen LogP contribution in [0.15, 0.2) is 23.2 Å². The number of methoxy groups -OCH3 is 1. The average molecular weight is 305 g/mol. The third-order valence-electron chi connectivity index (χ3n) is 1.96. The first-order chi connectivity index (χ1) is 9.39. The predicted octanol–water partition coefficient (Wildman–Crippen LogP) is 3.01. The van der Waals surface area contributed by atoms with Gasteiger partial charge in [0.05, 0.1) is 7.11 Å². The van der Waals surface area contributed by atoms with Crippen molar-refractivity contribution in [3.63, 3.8) is 0 Å². The van der Waals surface area contributed by atoms with Crippen LogP contribution in [0.1, 0.15) is 0 Å². The van der Waals surface area contributed by atoms with E-state index in [1.807, 2.05) is 0 Å². The van der Waals surface area contributed by atoms with Crippen molar-refractivity contribution in [3.8, 4) is 17.7 Å². The fourth-order valence-electron chi connectivity index (χ4n) is 1.23. The van der Waals surface area contributed by atoms with Crippen molar-refractivity contribution < 1.29 is 22.6 Å². The molecule has 0 bridgehead atoms. The smallest absolute Gasteiger partial charge is 0.494 e. The van der Waals surface area contributed by atoms with Gasteiger partial charge in [0.25, 0.3) is 0 Å². The maximum atomic E-state index is 12.1. The standard InChI is InChI=1S/C11H10F3N3O2S/c1-18-9-5-7(19-11(12,13)14)3-4-8(9)17-10(20-2)16-6-15/h3-5H,1-2H3,(H,16,17). The number of ether oxygens (including phenoxy) is 2. The molecule has 0 aromatic heterocycles. The van der Waals surface area contributed by atoms with Gasteiger partial charge in [0.2, 0.25) is 0 Å². The van der Waals surface area contributed by atoms with Crippen LogP contribution < -0.4 is 14.8 Å². The van der Waals surface area contributed by atoms with Gasteiger partial charge in [-0.2, -0.15) is 5.26 Å². The van der Waals surface area contributed by atoms with Crippen molar-refractivity contribution >= 4 is 22.6 Å². The van der Waals surface area contributed by atoms with Crippen LogP contribution in [-0.2, 0) is 0 Å². The van der Waals surface area contributed by atoms with E-state index >= 15 is 0 Å². The van der Waals surface area contributed by atoms with Crippen LogP contribution in [0, 0.1) is 11.5 Å². The van der Waals surface area contributed by atoms with Gasteiger partial charge in [-0.25, -0.2) is 4.99 Å². The molecule has 0 atom stereocenters. The maximum absolute atomic E-state index is 12.1. The summed E-state index contributed by atoms with van der Waals surface area (Å²) in [7, 11) is 1.29. The SMILES string of the molecule is COc1cc(OC(F)(F)F)ccc1N=C(NC#N)SC. The van der Waals surface area contributed by atoms with E-state index in [1.54, 1.807) is 12.4 Å². The molecule has 0 spiro atoms. The Morgan fingerprint density at radius 1 is 1.45 bits per heavy atom. The molecule has 0 radical (unpaired) electrons. The van der Waals surface area contributed by atoms with Gasteiger partial charge in [0.15, 0.2) is 11.4 Å². The number of nitrogens with one attached hydrogen (secondary N) is 1. The predicted molar refractivity (Wildman–Crippen MR) is 69.0 cm³/mol. The molecule has 9 heteroatoms. The normalized spacial score (nSPS) is 11.7. The molecule has 1 aromatic carbocycles. The first-order valence-electron chi connectivity index (χ1n) is 5.11. The molecule has 0 aliphatic carbocycles. The second kappa shape index (κ2) is 6.91. The molecule has 0 aliphatic rings. The maximum Gasteiger partial charge on any atom is 0.573 e. The molecule has 5 nitrogen and oxygen atoms in total. The summed E-state index contributed by atoms with van der Waals surface area (Å²) < 4.78 is 45.0. The molecule has 0 saturated heterocycles. The van der Waals surface area contributed by atoms with E-state index in [-0.39, 0.29) is 16.6 Å². The van der Waals surface area contributed by atoms with Crippen molar-refractivity contribution in [2.75, 3.05) is 13.4 Å². The van der Waals surface area contributed by atoms with Crippen molar-refractivity contribution in [2.45, 2.75) is 6.36 Å². The Bertz CT molecular complexity index is 541. The molecule has 0 fully saturated rings. The van der Waals surface area contributed by atoms with Gasteiger partial charge in [0.1, 0.15) is 17.2 Å². The van der Waals surface area contributed by atoms with Gasteiger partial charge < -0.3 is 9.47 Å². The van der Waals surface area contributed by atoms with Crippen LogP contribution in [0.2, 0.25) is 0 Å². The Balaban J connectivity index is 3.08. The quantitative estimate of drug-likeness (QED) is 0.402. The van der Waals surface area contributed by atoms with E-state index < -0.39 is 12.1 Å². The van der Waals surface area contributed by atoms with Crippen LogP contribution in [0.25, 0.3) is 0 Å². The van der Waals surface area contributed by atoms with Gasteiger partial charge in [-0.05, 0) is 18.4 Å². The summed E-state index contributed by atoms with van der Waals surface area (Å²) in [6.07, 6.45) is -1.38. The Morgan fingerprint density at radius 3 is 2.65 bits per heavy atom. The van der Waals surface area contributed by atoms with Crippen molar-refractivity contribution in [2.24, 2.45) is 4.99 Å². The second-order valence-corrected chi connectivity index (χ2v) is 4.03. The molecular formula is C11H10F3N3O2S. The molecule has 0 saturated carbocycles. The lowest BCUT2D eigenvalue weighted by Crippen LogP contribution is -2.17. The van der Waals surface area contributed by atoms with E-state index in [1.165, 1.54) is 24.9 Å². The number of amidine groups is 1. The Kier molecular flexibility index (Phi) is 5.52. The molecule has 0 unspecified atom stereocenters. The highest BCUT2D eigenvalue weighted by Gasteiger charge is 2.31. The summed E-state index contributed by atoms with van der Waals surface area (Å²) >= 11 is 1.17. The average Bonchev–Trinajstić information content (AvgIpc) is 2.37. The van der Waals surface area contributed by atoms with E-state index in [0.29, 0.717) is 0 Å². The molecule has 0 amide bonds. The number of nitriles is 1. The zero-order valence-corrected chi connectivity index (χ0v) is 11.3. The summed E-state index contributed by atoms with van der Waals surface area (Å²) in [5.41, 5.74) is 0.272. The monoisotopic (exact) mass is 305 g/mol. The van der Waals surface area contributed by atoms with Crippen LogP contribution in [0.3, 0.4) is 0 Å². The molecule has 0 heterocycles. The third-order valence-corrected chi connectivity index (χ3v) is 2.54. The molecule has 108 valence electrons. The number of rotatable bonds is 3. The van der Waals surface area contributed by atoms with E-state index in [0.717, 1.165) is 12.1 Å². The highest BCUT2D eigenvalue weighted by molar-refractivity contribution is 8.13. The summed E-state index contributed by atoms with van der Waals surface area (Å²) in [6.45, 7) is 0. The van der Waals surface area contributed by atoms with Gasteiger partial charge >= 0.3 is 6.36 Å². The number of thioether (sulfide) groups is 1. The summed E-state index contributed by atoms with van der Waals surface area (Å²) in [6, 6.07) is 3.48. The number of halogens is 3. The topological polar surface area (TPSA) is 66.6 Å². The van der Waals surface area contributed by atoms with Crippen LogP contribution in [0.5, 0.6) is 11.5 Å². The lowest BCUT2D eigenvalue weighted by molar-refractivity contribution is -0.274. The first-order valence-corrected chi connectivity index (χ1v) is 6.33. The van der Waals surface area contributed by atoms with Crippen molar-refractivity contribution in [1.29, 1.82) is 5.26 Å². The molecule has 1 rings (SSSR count). The number of aliphatic imine (C=N–C) groups is 1.